The Labute approximate surface area is 79.2 Å². The average molecular weight is 225 g/mol. The Hall–Kier alpha value is -0.810. The molecule has 0 amide bonds. The number of hydrogen-bond acceptors (Lipinski definition) is 3. The van der Waals surface area contributed by atoms with Crippen molar-refractivity contribution in [2.75, 3.05) is 0 Å². The van der Waals surface area contributed by atoms with Gasteiger partial charge in [-0.3, -0.25) is 0 Å². The highest BCUT2D eigenvalue weighted by Gasteiger charge is 2.26. The molecule has 1 aromatic carbocycles. The standard InChI is InChI=1S/C7H6ClFO3S/c8-13(11,12)7(9)5-3-1-2-4-6(5)10/h1-4,7,10H. The van der Waals surface area contributed by atoms with Gasteiger partial charge in [0.25, 0.3) is 9.05 Å². The van der Waals surface area contributed by atoms with E-state index in [9.17, 15) is 12.8 Å². The maximum absolute atomic E-state index is 13.0. The van der Waals surface area contributed by atoms with Crippen LogP contribution in [-0.2, 0) is 9.05 Å². The highest BCUT2D eigenvalue weighted by molar-refractivity contribution is 8.13. The van der Waals surface area contributed by atoms with Gasteiger partial charge in [0, 0.05) is 16.2 Å². The lowest BCUT2D eigenvalue weighted by Gasteiger charge is -2.05. The summed E-state index contributed by atoms with van der Waals surface area (Å²) in [5.74, 6) is -0.431. The lowest BCUT2D eigenvalue weighted by atomic mass is 10.2. The van der Waals surface area contributed by atoms with E-state index in [1.807, 2.05) is 0 Å². The van der Waals surface area contributed by atoms with Gasteiger partial charge in [0.05, 0.1) is 0 Å². The molecule has 0 heterocycles. The molecule has 0 spiro atoms. The Bertz CT molecular complexity index is 404. The molecule has 0 saturated heterocycles. The summed E-state index contributed by atoms with van der Waals surface area (Å²) in [6.07, 6.45) is 0. The quantitative estimate of drug-likeness (QED) is 0.781. The Morgan fingerprint density at radius 3 is 2.38 bits per heavy atom. The largest absolute Gasteiger partial charge is 0.508 e. The third kappa shape index (κ3) is 2.32. The van der Waals surface area contributed by atoms with Gasteiger partial charge in [-0.15, -0.1) is 0 Å². The summed E-state index contributed by atoms with van der Waals surface area (Å²) >= 11 is 0. The lowest BCUT2D eigenvalue weighted by molar-refractivity contribution is 0.408. The van der Waals surface area contributed by atoms with Gasteiger partial charge in [0.15, 0.2) is 0 Å². The van der Waals surface area contributed by atoms with E-state index >= 15 is 0 Å². The fourth-order valence-corrected chi connectivity index (χ4v) is 1.62. The first-order chi connectivity index (χ1) is 5.93. The van der Waals surface area contributed by atoms with E-state index < -0.39 is 20.3 Å². The highest BCUT2D eigenvalue weighted by Crippen LogP contribution is 2.32. The van der Waals surface area contributed by atoms with Crippen molar-refractivity contribution in [3.05, 3.63) is 29.8 Å². The minimum atomic E-state index is -4.33. The van der Waals surface area contributed by atoms with Crippen molar-refractivity contribution >= 4 is 19.7 Å². The van der Waals surface area contributed by atoms with E-state index in [-0.39, 0.29) is 5.56 Å². The van der Waals surface area contributed by atoms with Gasteiger partial charge < -0.3 is 5.11 Å². The number of hydrogen-bond donors (Lipinski definition) is 1. The lowest BCUT2D eigenvalue weighted by Crippen LogP contribution is -2.01. The van der Waals surface area contributed by atoms with Crippen LogP contribution >= 0.6 is 10.7 Å². The van der Waals surface area contributed by atoms with E-state index in [0.29, 0.717) is 0 Å². The number of halogens is 2. The molecule has 1 aromatic rings. The van der Waals surface area contributed by atoms with Crippen LogP contribution in [0, 0.1) is 0 Å². The minimum absolute atomic E-state index is 0.350. The molecule has 1 N–H and O–H groups in total. The van der Waals surface area contributed by atoms with Crippen LogP contribution in [-0.4, -0.2) is 13.5 Å². The zero-order valence-electron chi connectivity index (χ0n) is 6.31. The van der Waals surface area contributed by atoms with Crippen LogP contribution in [0.15, 0.2) is 24.3 Å². The highest BCUT2D eigenvalue weighted by atomic mass is 35.7. The summed E-state index contributed by atoms with van der Waals surface area (Å²) in [7, 11) is 0.443. The predicted molar refractivity (Wildman–Crippen MR) is 46.7 cm³/mol. The molecule has 0 aliphatic heterocycles. The van der Waals surface area contributed by atoms with Crippen LogP contribution in [0.3, 0.4) is 0 Å². The average Bonchev–Trinajstić information content (AvgIpc) is 2.02. The van der Waals surface area contributed by atoms with Gasteiger partial charge in [0.1, 0.15) is 5.75 Å². The van der Waals surface area contributed by atoms with Crippen LogP contribution in [0.2, 0.25) is 0 Å². The summed E-state index contributed by atoms with van der Waals surface area (Å²) in [5, 5.41) is 9.08. The van der Waals surface area contributed by atoms with Gasteiger partial charge in [0.2, 0.25) is 5.50 Å². The molecule has 1 atom stereocenters. The second-order valence-electron chi connectivity index (χ2n) is 2.35. The van der Waals surface area contributed by atoms with E-state index in [2.05, 4.69) is 0 Å². The SMILES string of the molecule is O=S(=O)(Cl)C(F)c1ccccc1O. The Kier molecular flexibility index (Phi) is 2.77. The molecule has 3 nitrogen and oxygen atoms in total. The summed E-state index contributed by atoms with van der Waals surface area (Å²) in [6, 6.07) is 5.19. The van der Waals surface area contributed by atoms with E-state index in [0.717, 1.165) is 6.07 Å². The van der Waals surface area contributed by atoms with Crippen LogP contribution in [0.4, 0.5) is 4.39 Å². The fraction of sp³-hybridized carbons (Fsp3) is 0.143. The number of phenolic OH excluding ortho intramolecular Hbond substituents is 1. The van der Waals surface area contributed by atoms with Crippen molar-refractivity contribution in [2.24, 2.45) is 0 Å². The number of aromatic hydroxyl groups is 1. The first-order valence-corrected chi connectivity index (χ1v) is 5.65. The molecule has 1 rings (SSSR count). The second-order valence-corrected chi connectivity index (χ2v) is 5.01. The molecule has 0 radical (unpaired) electrons. The monoisotopic (exact) mass is 224 g/mol. The number of alkyl halides is 1. The third-order valence-electron chi connectivity index (χ3n) is 1.43. The summed E-state index contributed by atoms with van der Waals surface area (Å²) < 4.78 is 34.1. The first-order valence-electron chi connectivity index (χ1n) is 3.28. The van der Waals surface area contributed by atoms with Gasteiger partial charge in [-0.1, -0.05) is 18.2 Å². The molecule has 0 fully saturated rings. The van der Waals surface area contributed by atoms with Crippen LogP contribution in [0.5, 0.6) is 5.75 Å². The van der Waals surface area contributed by atoms with Crippen molar-refractivity contribution in [1.82, 2.24) is 0 Å². The van der Waals surface area contributed by atoms with Gasteiger partial charge >= 0.3 is 0 Å². The fourth-order valence-electron chi connectivity index (χ4n) is 0.831. The van der Waals surface area contributed by atoms with Gasteiger partial charge in [-0.25, -0.2) is 12.8 Å². The number of rotatable bonds is 2. The number of benzene rings is 1. The van der Waals surface area contributed by atoms with Crippen molar-refractivity contribution in [2.45, 2.75) is 5.50 Å². The molecule has 0 aliphatic carbocycles. The Morgan fingerprint density at radius 1 is 1.38 bits per heavy atom. The van der Waals surface area contributed by atoms with Crippen molar-refractivity contribution < 1.29 is 17.9 Å². The second kappa shape index (κ2) is 3.51. The smallest absolute Gasteiger partial charge is 0.269 e. The van der Waals surface area contributed by atoms with Crippen LogP contribution in [0.1, 0.15) is 11.1 Å². The first kappa shape index (κ1) is 10.3. The third-order valence-corrected chi connectivity index (χ3v) is 2.65. The molecule has 6 heteroatoms. The molecule has 0 bridgehead atoms. The minimum Gasteiger partial charge on any atom is -0.508 e. The molecule has 13 heavy (non-hydrogen) atoms. The zero-order chi connectivity index (χ0) is 10.1. The summed E-state index contributed by atoms with van der Waals surface area (Å²) in [4.78, 5) is 0. The molecule has 1 unspecified atom stereocenters. The summed E-state index contributed by atoms with van der Waals surface area (Å²) in [5.41, 5.74) is -2.74. The van der Waals surface area contributed by atoms with E-state index in [1.165, 1.54) is 18.2 Å². The Morgan fingerprint density at radius 2 is 1.92 bits per heavy atom. The van der Waals surface area contributed by atoms with E-state index in [1.54, 1.807) is 0 Å². The molecular formula is C7H6ClFO3S. The number of para-hydroxylation sites is 1. The van der Waals surface area contributed by atoms with Crippen LogP contribution in [0.25, 0.3) is 0 Å². The maximum atomic E-state index is 13.0. The maximum Gasteiger partial charge on any atom is 0.269 e. The summed E-state index contributed by atoms with van der Waals surface area (Å²) in [6.45, 7) is 0. The van der Waals surface area contributed by atoms with Crippen LogP contribution < -0.4 is 0 Å². The van der Waals surface area contributed by atoms with E-state index in [4.69, 9.17) is 15.8 Å². The van der Waals surface area contributed by atoms with Crippen molar-refractivity contribution in [1.29, 1.82) is 0 Å². The van der Waals surface area contributed by atoms with Gasteiger partial charge in [-0.05, 0) is 6.07 Å². The topological polar surface area (TPSA) is 54.4 Å². The normalized spacial score (nSPS) is 14.0. The van der Waals surface area contributed by atoms with Gasteiger partial charge in [-0.2, -0.15) is 0 Å². The van der Waals surface area contributed by atoms with Crippen molar-refractivity contribution in [3.8, 4) is 5.75 Å². The van der Waals surface area contributed by atoms with Crippen molar-refractivity contribution in [3.63, 3.8) is 0 Å². The molecule has 0 aliphatic rings. The predicted octanol–water partition coefficient (Wildman–Crippen LogP) is 1.93. The Balaban J connectivity index is 3.17. The number of phenols is 1. The molecule has 72 valence electrons. The zero-order valence-corrected chi connectivity index (χ0v) is 7.89. The molecular weight excluding hydrogens is 219 g/mol. The molecule has 0 aromatic heterocycles. The molecule has 0 saturated carbocycles.